The molecule has 0 aliphatic carbocycles. The summed E-state index contributed by atoms with van der Waals surface area (Å²) in [6.45, 7) is 3.52. The molecule has 1 rings (SSSR count). The number of nitrogens with one attached hydrogen (secondary N) is 2. The van der Waals surface area contributed by atoms with E-state index in [4.69, 9.17) is 9.84 Å². The predicted octanol–water partition coefficient (Wildman–Crippen LogP) is 1.52. The highest BCUT2D eigenvalue weighted by atomic mass is 79.9. The summed E-state index contributed by atoms with van der Waals surface area (Å²) in [6.07, 6.45) is 1.04. The lowest BCUT2D eigenvalue weighted by molar-refractivity contribution is 0.292. The van der Waals surface area contributed by atoms with E-state index >= 15 is 0 Å². The van der Waals surface area contributed by atoms with Crippen molar-refractivity contribution in [3.05, 3.63) is 28.2 Å². The second-order valence-corrected chi connectivity index (χ2v) is 4.88. The summed E-state index contributed by atoms with van der Waals surface area (Å²) in [4.78, 5) is 0. The highest BCUT2D eigenvalue weighted by Gasteiger charge is 2.02. The van der Waals surface area contributed by atoms with E-state index < -0.39 is 0 Å². The van der Waals surface area contributed by atoms with Gasteiger partial charge >= 0.3 is 0 Å². The number of hydrogen-bond acceptors (Lipinski definition) is 4. The van der Waals surface area contributed by atoms with Gasteiger partial charge in [0.05, 0.1) is 13.7 Å². The molecule has 102 valence electrons. The van der Waals surface area contributed by atoms with Gasteiger partial charge in [-0.25, -0.2) is 0 Å². The fourth-order valence-electron chi connectivity index (χ4n) is 1.65. The average molecular weight is 317 g/mol. The fourth-order valence-corrected chi connectivity index (χ4v) is 2.06. The highest BCUT2D eigenvalue weighted by molar-refractivity contribution is 9.10. The fraction of sp³-hybridized carbons (Fsp3) is 0.538. The normalized spacial score (nSPS) is 10.6. The lowest BCUT2D eigenvalue weighted by Crippen LogP contribution is -2.24. The summed E-state index contributed by atoms with van der Waals surface area (Å²) in [6, 6.07) is 6.00. The molecule has 0 radical (unpaired) electrons. The molecule has 0 aromatic heterocycles. The third-order valence-corrected chi connectivity index (χ3v) is 3.05. The second-order valence-electron chi connectivity index (χ2n) is 3.96. The molecule has 0 saturated carbocycles. The van der Waals surface area contributed by atoms with Crippen LogP contribution in [0.1, 0.15) is 12.0 Å². The molecular weight excluding hydrogens is 296 g/mol. The molecule has 1 aromatic carbocycles. The zero-order chi connectivity index (χ0) is 13.2. The number of rotatable bonds is 9. The Hall–Kier alpha value is -0.620. The van der Waals surface area contributed by atoms with Crippen LogP contribution in [0.3, 0.4) is 0 Å². The van der Waals surface area contributed by atoms with Gasteiger partial charge in [-0.2, -0.15) is 0 Å². The van der Waals surface area contributed by atoms with E-state index in [1.807, 2.05) is 12.1 Å². The molecule has 4 nitrogen and oxygen atoms in total. The maximum Gasteiger partial charge on any atom is 0.123 e. The number of benzene rings is 1. The van der Waals surface area contributed by atoms with Crippen LogP contribution in [-0.2, 0) is 6.54 Å². The Morgan fingerprint density at radius 1 is 1.22 bits per heavy atom. The molecule has 0 atom stereocenters. The Kier molecular flexibility index (Phi) is 8.00. The van der Waals surface area contributed by atoms with Gasteiger partial charge < -0.3 is 20.5 Å². The van der Waals surface area contributed by atoms with Gasteiger partial charge in [0.25, 0.3) is 0 Å². The molecule has 3 N–H and O–H groups in total. The van der Waals surface area contributed by atoms with Crippen molar-refractivity contribution in [2.24, 2.45) is 0 Å². The number of hydrogen-bond donors (Lipinski definition) is 3. The molecule has 1 aromatic rings. The molecule has 0 spiro atoms. The van der Waals surface area contributed by atoms with Gasteiger partial charge in [0.1, 0.15) is 5.75 Å². The summed E-state index contributed by atoms with van der Waals surface area (Å²) in [5, 5.41) is 15.1. The van der Waals surface area contributed by atoms with Gasteiger partial charge in [-0.05, 0) is 37.7 Å². The van der Waals surface area contributed by atoms with Crippen molar-refractivity contribution in [2.45, 2.75) is 13.0 Å². The van der Waals surface area contributed by atoms with E-state index in [0.717, 1.165) is 41.8 Å². The van der Waals surface area contributed by atoms with Crippen LogP contribution in [0.2, 0.25) is 0 Å². The monoisotopic (exact) mass is 316 g/mol. The first kappa shape index (κ1) is 15.4. The van der Waals surface area contributed by atoms with Crippen LogP contribution in [0, 0.1) is 0 Å². The zero-order valence-corrected chi connectivity index (χ0v) is 12.3. The van der Waals surface area contributed by atoms with Gasteiger partial charge in [-0.3, -0.25) is 0 Å². The van der Waals surface area contributed by atoms with Crippen LogP contribution in [0.25, 0.3) is 0 Å². The summed E-state index contributed by atoms with van der Waals surface area (Å²) < 4.78 is 6.37. The van der Waals surface area contributed by atoms with Crippen molar-refractivity contribution >= 4 is 15.9 Å². The standard InChI is InChI=1S/C13H21BrN2O2/c1-18-13-4-3-12(14)9-11(13)10-16-6-2-5-15-7-8-17/h3-4,9,15-17H,2,5-8,10H2,1H3. The van der Waals surface area contributed by atoms with Gasteiger partial charge in [-0.1, -0.05) is 15.9 Å². The summed E-state index contributed by atoms with van der Waals surface area (Å²) in [5.41, 5.74) is 1.15. The lowest BCUT2D eigenvalue weighted by Gasteiger charge is -2.10. The molecule has 0 bridgehead atoms. The van der Waals surface area contributed by atoms with Crippen molar-refractivity contribution in [1.29, 1.82) is 0 Å². The van der Waals surface area contributed by atoms with E-state index in [1.54, 1.807) is 7.11 Å². The zero-order valence-electron chi connectivity index (χ0n) is 10.7. The maximum atomic E-state index is 8.60. The van der Waals surface area contributed by atoms with Crippen LogP contribution in [0.4, 0.5) is 0 Å². The van der Waals surface area contributed by atoms with Crippen LogP contribution in [-0.4, -0.2) is 38.5 Å². The number of aliphatic hydroxyl groups excluding tert-OH is 1. The van der Waals surface area contributed by atoms with E-state index in [9.17, 15) is 0 Å². The summed E-state index contributed by atoms with van der Waals surface area (Å²) in [5.74, 6) is 0.907. The molecule has 5 heteroatoms. The van der Waals surface area contributed by atoms with Gasteiger partial charge in [0.15, 0.2) is 0 Å². The van der Waals surface area contributed by atoms with Crippen molar-refractivity contribution in [3.63, 3.8) is 0 Å². The SMILES string of the molecule is COc1ccc(Br)cc1CNCCCNCCO. The molecule has 0 aliphatic rings. The van der Waals surface area contributed by atoms with Crippen LogP contribution >= 0.6 is 15.9 Å². The Labute approximate surface area is 117 Å². The van der Waals surface area contributed by atoms with Gasteiger partial charge in [0.2, 0.25) is 0 Å². The smallest absolute Gasteiger partial charge is 0.123 e. The molecule has 0 amide bonds. The topological polar surface area (TPSA) is 53.5 Å². The summed E-state index contributed by atoms with van der Waals surface area (Å²) in [7, 11) is 1.69. The van der Waals surface area contributed by atoms with Crippen molar-refractivity contribution < 1.29 is 9.84 Å². The maximum absolute atomic E-state index is 8.60. The Morgan fingerprint density at radius 3 is 2.72 bits per heavy atom. The molecule has 18 heavy (non-hydrogen) atoms. The Balaban J connectivity index is 2.24. The highest BCUT2D eigenvalue weighted by Crippen LogP contribution is 2.22. The molecule has 0 unspecified atom stereocenters. The molecule has 0 aliphatic heterocycles. The van der Waals surface area contributed by atoms with E-state index in [-0.39, 0.29) is 6.61 Å². The molecule has 0 saturated heterocycles. The number of methoxy groups -OCH3 is 1. The molecular formula is C13H21BrN2O2. The van der Waals surface area contributed by atoms with Crippen molar-refractivity contribution in [1.82, 2.24) is 10.6 Å². The number of aliphatic hydroxyl groups is 1. The van der Waals surface area contributed by atoms with E-state index in [2.05, 4.69) is 32.6 Å². The Morgan fingerprint density at radius 2 is 2.00 bits per heavy atom. The van der Waals surface area contributed by atoms with Crippen molar-refractivity contribution in [2.75, 3.05) is 33.4 Å². The van der Waals surface area contributed by atoms with E-state index in [0.29, 0.717) is 6.54 Å². The molecule has 0 fully saturated rings. The number of ether oxygens (including phenoxy) is 1. The van der Waals surface area contributed by atoms with Crippen molar-refractivity contribution in [3.8, 4) is 5.75 Å². The van der Waals surface area contributed by atoms with Crippen LogP contribution < -0.4 is 15.4 Å². The Bertz CT molecular complexity index is 348. The second kappa shape index (κ2) is 9.33. The largest absolute Gasteiger partial charge is 0.496 e. The minimum atomic E-state index is 0.197. The third-order valence-electron chi connectivity index (χ3n) is 2.55. The third kappa shape index (κ3) is 5.82. The van der Waals surface area contributed by atoms with Crippen LogP contribution in [0.15, 0.2) is 22.7 Å². The first-order chi connectivity index (χ1) is 8.77. The van der Waals surface area contributed by atoms with Crippen LogP contribution in [0.5, 0.6) is 5.75 Å². The first-order valence-corrected chi connectivity index (χ1v) is 6.92. The number of halogens is 1. The quantitative estimate of drug-likeness (QED) is 0.605. The van der Waals surface area contributed by atoms with Gasteiger partial charge in [-0.15, -0.1) is 0 Å². The van der Waals surface area contributed by atoms with E-state index in [1.165, 1.54) is 0 Å². The minimum Gasteiger partial charge on any atom is -0.496 e. The average Bonchev–Trinajstić information content (AvgIpc) is 2.38. The molecule has 0 heterocycles. The minimum absolute atomic E-state index is 0.197. The van der Waals surface area contributed by atoms with Gasteiger partial charge in [0, 0.05) is 23.1 Å². The lowest BCUT2D eigenvalue weighted by atomic mass is 10.2. The predicted molar refractivity (Wildman–Crippen MR) is 77.0 cm³/mol. The first-order valence-electron chi connectivity index (χ1n) is 6.12. The summed E-state index contributed by atoms with van der Waals surface area (Å²) >= 11 is 3.46.